The van der Waals surface area contributed by atoms with Gasteiger partial charge >= 0.3 is 5.97 Å². The van der Waals surface area contributed by atoms with Gasteiger partial charge in [0.1, 0.15) is 6.04 Å². The van der Waals surface area contributed by atoms with Crippen molar-refractivity contribution in [2.45, 2.75) is 52.1 Å². The van der Waals surface area contributed by atoms with E-state index in [1.165, 1.54) is 26.4 Å². The highest BCUT2D eigenvalue weighted by Crippen LogP contribution is 2.38. The molecule has 2 aromatic rings. The van der Waals surface area contributed by atoms with Crippen molar-refractivity contribution in [1.29, 1.82) is 0 Å². The van der Waals surface area contributed by atoms with Gasteiger partial charge in [-0.25, -0.2) is 0 Å². The van der Waals surface area contributed by atoms with Crippen LogP contribution in [0.25, 0.3) is 0 Å². The lowest BCUT2D eigenvalue weighted by molar-refractivity contribution is -0.145. The second kappa shape index (κ2) is 7.08. The lowest BCUT2D eigenvalue weighted by atomic mass is 9.92. The first-order valence-electron chi connectivity index (χ1n) is 8.59. The lowest BCUT2D eigenvalue weighted by Crippen LogP contribution is -2.46. The molecule has 0 bridgehead atoms. The summed E-state index contributed by atoms with van der Waals surface area (Å²) in [5.74, 6) is -0.696. The molecule has 1 aromatic carbocycles. The second-order valence-corrected chi connectivity index (χ2v) is 8.12. The quantitative estimate of drug-likeness (QED) is 0.874. The van der Waals surface area contributed by atoms with E-state index in [4.69, 9.17) is 0 Å². The minimum atomic E-state index is -0.696. The summed E-state index contributed by atoms with van der Waals surface area (Å²) in [5.41, 5.74) is 3.69. The maximum absolute atomic E-state index is 11.9. The van der Waals surface area contributed by atoms with E-state index in [0.717, 1.165) is 25.8 Å². The van der Waals surface area contributed by atoms with Gasteiger partial charge in [-0.2, -0.15) is 0 Å². The molecule has 1 fully saturated rings. The van der Waals surface area contributed by atoms with Crippen LogP contribution in [-0.4, -0.2) is 28.6 Å². The Labute approximate surface area is 147 Å². The molecule has 128 valence electrons. The molecule has 2 atom stereocenters. The number of aliphatic carboxylic acids is 1. The minimum absolute atomic E-state index is 0.0324. The van der Waals surface area contributed by atoms with Gasteiger partial charge in [-0.15, -0.1) is 11.3 Å². The van der Waals surface area contributed by atoms with Crippen molar-refractivity contribution in [3.63, 3.8) is 0 Å². The summed E-state index contributed by atoms with van der Waals surface area (Å²) < 4.78 is 0. The van der Waals surface area contributed by atoms with Crippen LogP contribution in [0.15, 0.2) is 30.3 Å². The van der Waals surface area contributed by atoms with E-state index in [9.17, 15) is 9.90 Å². The zero-order valence-electron chi connectivity index (χ0n) is 14.6. The summed E-state index contributed by atoms with van der Waals surface area (Å²) in [4.78, 5) is 16.6. The molecular formula is C20H25NO2S. The van der Waals surface area contributed by atoms with Crippen molar-refractivity contribution in [3.8, 4) is 0 Å². The van der Waals surface area contributed by atoms with Gasteiger partial charge in [-0.1, -0.05) is 30.2 Å². The van der Waals surface area contributed by atoms with Crippen LogP contribution in [0, 0.1) is 20.8 Å². The Kier molecular flexibility index (Phi) is 5.07. The summed E-state index contributed by atoms with van der Waals surface area (Å²) in [7, 11) is 0. The van der Waals surface area contributed by atoms with Crippen LogP contribution in [-0.2, 0) is 4.79 Å². The SMILES string of the molecule is Cc1ccc(C)c(C(c2ccc(C)s2)N2CCCCC2C(=O)O)c1. The average Bonchev–Trinajstić information content (AvgIpc) is 2.97. The van der Waals surface area contributed by atoms with Gasteiger partial charge in [0, 0.05) is 9.75 Å². The predicted octanol–water partition coefficient (Wildman–Crippen LogP) is 4.70. The van der Waals surface area contributed by atoms with E-state index in [0.29, 0.717) is 0 Å². The van der Waals surface area contributed by atoms with Crippen molar-refractivity contribution in [3.05, 3.63) is 56.8 Å². The maximum atomic E-state index is 11.9. The zero-order chi connectivity index (χ0) is 17.3. The topological polar surface area (TPSA) is 40.5 Å². The smallest absolute Gasteiger partial charge is 0.320 e. The molecule has 24 heavy (non-hydrogen) atoms. The predicted molar refractivity (Wildman–Crippen MR) is 98.8 cm³/mol. The Balaban J connectivity index is 2.11. The van der Waals surface area contributed by atoms with Crippen LogP contribution >= 0.6 is 11.3 Å². The minimum Gasteiger partial charge on any atom is -0.480 e. The molecular weight excluding hydrogens is 318 g/mol. The summed E-state index contributed by atoms with van der Waals surface area (Å²) in [6.07, 6.45) is 2.80. The highest BCUT2D eigenvalue weighted by atomic mass is 32.1. The Morgan fingerprint density at radius 2 is 2.00 bits per heavy atom. The highest BCUT2D eigenvalue weighted by molar-refractivity contribution is 7.12. The number of carboxylic acids is 1. The molecule has 0 aliphatic carbocycles. The van der Waals surface area contributed by atoms with Gasteiger partial charge in [-0.3, -0.25) is 9.69 Å². The molecule has 4 heteroatoms. The third-order valence-corrected chi connectivity index (χ3v) is 5.97. The molecule has 1 aliphatic heterocycles. The van der Waals surface area contributed by atoms with Crippen LogP contribution in [0.4, 0.5) is 0 Å². The number of rotatable bonds is 4. The number of hydrogen-bond donors (Lipinski definition) is 1. The van der Waals surface area contributed by atoms with E-state index in [-0.39, 0.29) is 6.04 Å². The molecule has 1 N–H and O–H groups in total. The van der Waals surface area contributed by atoms with Gasteiger partial charge in [0.05, 0.1) is 6.04 Å². The van der Waals surface area contributed by atoms with E-state index in [2.05, 4.69) is 56.0 Å². The fraction of sp³-hybridized carbons (Fsp3) is 0.450. The van der Waals surface area contributed by atoms with Crippen molar-refractivity contribution in [1.82, 2.24) is 4.90 Å². The molecule has 0 radical (unpaired) electrons. The third kappa shape index (κ3) is 3.40. The van der Waals surface area contributed by atoms with Gasteiger partial charge in [0.25, 0.3) is 0 Å². The number of hydrogen-bond acceptors (Lipinski definition) is 3. The van der Waals surface area contributed by atoms with Crippen LogP contribution in [0.2, 0.25) is 0 Å². The first kappa shape index (κ1) is 17.2. The number of nitrogens with zero attached hydrogens (tertiary/aromatic N) is 1. The second-order valence-electron chi connectivity index (χ2n) is 6.80. The molecule has 3 nitrogen and oxygen atoms in total. The van der Waals surface area contributed by atoms with Crippen LogP contribution in [0.1, 0.15) is 51.7 Å². The van der Waals surface area contributed by atoms with E-state index >= 15 is 0 Å². The Morgan fingerprint density at radius 1 is 1.21 bits per heavy atom. The largest absolute Gasteiger partial charge is 0.480 e. The Morgan fingerprint density at radius 3 is 2.67 bits per heavy atom. The van der Waals surface area contributed by atoms with E-state index in [1.807, 2.05) is 0 Å². The molecule has 1 aliphatic rings. The van der Waals surface area contributed by atoms with Gasteiger partial charge in [0.2, 0.25) is 0 Å². The molecule has 2 unspecified atom stereocenters. The monoisotopic (exact) mass is 343 g/mol. The standard InChI is InChI=1S/C20H25NO2S/c1-13-7-8-14(2)16(12-13)19(18-10-9-15(3)24-18)21-11-5-4-6-17(21)20(22)23/h7-10,12,17,19H,4-6,11H2,1-3H3,(H,22,23). The molecule has 1 saturated heterocycles. The molecule has 0 amide bonds. The van der Waals surface area contributed by atoms with Crippen LogP contribution in [0.3, 0.4) is 0 Å². The number of carbonyl (C=O) groups is 1. The van der Waals surface area contributed by atoms with Crippen LogP contribution < -0.4 is 0 Å². The van der Waals surface area contributed by atoms with Gasteiger partial charge in [-0.05, 0) is 63.4 Å². The van der Waals surface area contributed by atoms with Crippen molar-refractivity contribution >= 4 is 17.3 Å². The van der Waals surface area contributed by atoms with Crippen molar-refractivity contribution in [2.24, 2.45) is 0 Å². The molecule has 3 rings (SSSR count). The third-order valence-electron chi connectivity index (χ3n) is 4.92. The number of piperidine rings is 1. The van der Waals surface area contributed by atoms with Crippen molar-refractivity contribution in [2.75, 3.05) is 6.54 Å². The summed E-state index contributed by atoms with van der Waals surface area (Å²) in [6.45, 7) is 7.18. The Hall–Kier alpha value is -1.65. The number of benzene rings is 1. The average molecular weight is 343 g/mol. The maximum Gasteiger partial charge on any atom is 0.320 e. The first-order valence-corrected chi connectivity index (χ1v) is 9.41. The number of likely N-dealkylation sites (tertiary alicyclic amines) is 1. The normalized spacial score (nSPS) is 20.0. The Bertz CT molecular complexity index is 737. The number of carboxylic acid groups (broad SMARTS) is 1. The van der Waals surface area contributed by atoms with Gasteiger partial charge < -0.3 is 5.11 Å². The molecule has 2 heterocycles. The number of aryl methyl sites for hydroxylation is 3. The fourth-order valence-electron chi connectivity index (χ4n) is 3.68. The summed E-state index contributed by atoms with van der Waals surface area (Å²) >= 11 is 1.78. The van der Waals surface area contributed by atoms with E-state index in [1.54, 1.807) is 11.3 Å². The lowest BCUT2D eigenvalue weighted by Gasteiger charge is -2.39. The molecule has 0 saturated carbocycles. The van der Waals surface area contributed by atoms with Gasteiger partial charge in [0.15, 0.2) is 0 Å². The summed E-state index contributed by atoms with van der Waals surface area (Å²) in [5, 5.41) is 9.74. The zero-order valence-corrected chi connectivity index (χ0v) is 15.4. The fourth-order valence-corrected chi connectivity index (χ4v) is 4.70. The molecule has 0 spiro atoms. The first-order chi connectivity index (χ1) is 11.5. The summed E-state index contributed by atoms with van der Waals surface area (Å²) in [6, 6.07) is 10.4. The highest BCUT2D eigenvalue weighted by Gasteiger charge is 2.36. The molecule has 1 aromatic heterocycles. The van der Waals surface area contributed by atoms with Crippen LogP contribution in [0.5, 0.6) is 0 Å². The number of thiophene rings is 1. The van der Waals surface area contributed by atoms with Crippen molar-refractivity contribution < 1.29 is 9.90 Å². The van der Waals surface area contributed by atoms with E-state index < -0.39 is 12.0 Å².